The number of hydrogen-bond acceptors (Lipinski definition) is 4. The van der Waals surface area contributed by atoms with E-state index in [-0.39, 0.29) is 29.8 Å². The number of fused-ring (bicyclic) bond motifs is 1. The quantitative estimate of drug-likeness (QED) is 0.558. The zero-order valence-electron chi connectivity index (χ0n) is 16.4. The number of halogens is 5. The molecule has 0 unspecified atom stereocenters. The van der Waals surface area contributed by atoms with Crippen LogP contribution in [0.4, 0.5) is 17.6 Å². The Hall–Kier alpha value is -2.69. The molecule has 3 aromatic rings. The van der Waals surface area contributed by atoms with Gasteiger partial charge in [0.1, 0.15) is 12.2 Å². The van der Waals surface area contributed by atoms with E-state index >= 15 is 0 Å². The van der Waals surface area contributed by atoms with Crippen molar-refractivity contribution in [1.82, 2.24) is 29.9 Å². The molecule has 30 heavy (non-hydrogen) atoms. The molecule has 0 fully saturated rings. The molecule has 0 saturated carbocycles. The first kappa shape index (κ1) is 22.0. The van der Waals surface area contributed by atoms with Crippen molar-refractivity contribution in [2.75, 3.05) is 6.54 Å². The Morgan fingerprint density at radius 1 is 1.10 bits per heavy atom. The highest BCUT2D eigenvalue weighted by Crippen LogP contribution is 2.32. The largest absolute Gasteiger partial charge is 0.353 e. The number of nitrogens with one attached hydrogen (secondary N) is 1. The fraction of sp³-hybridized carbons (Fsp3) is 0.444. The van der Waals surface area contributed by atoms with Crippen molar-refractivity contribution in [2.45, 2.75) is 46.7 Å². The third-order valence-electron chi connectivity index (χ3n) is 4.62. The lowest BCUT2D eigenvalue weighted by molar-refractivity contribution is -0.121. The van der Waals surface area contributed by atoms with Gasteiger partial charge < -0.3 is 5.32 Å². The van der Waals surface area contributed by atoms with Crippen molar-refractivity contribution in [2.24, 2.45) is 0 Å². The van der Waals surface area contributed by atoms with E-state index in [0.29, 0.717) is 23.3 Å². The Bertz CT molecular complexity index is 1090. The number of pyridine rings is 1. The first-order valence-electron chi connectivity index (χ1n) is 9.00. The van der Waals surface area contributed by atoms with Gasteiger partial charge in [-0.25, -0.2) is 27.2 Å². The Labute approximate surface area is 174 Å². The van der Waals surface area contributed by atoms with E-state index < -0.39 is 30.0 Å². The highest BCUT2D eigenvalue weighted by molar-refractivity contribution is 6.31. The molecule has 3 heterocycles. The smallest absolute Gasteiger partial charge is 0.280 e. The van der Waals surface area contributed by atoms with E-state index in [1.54, 1.807) is 18.5 Å². The second kappa shape index (κ2) is 8.58. The van der Waals surface area contributed by atoms with Crippen LogP contribution in [0.5, 0.6) is 0 Å². The average Bonchev–Trinajstić information content (AvgIpc) is 3.12. The zero-order chi connectivity index (χ0) is 22.2. The molecule has 0 aliphatic rings. The molecule has 3 aromatic heterocycles. The maximum atomic E-state index is 13.4. The first-order chi connectivity index (χ1) is 14.1. The van der Waals surface area contributed by atoms with Crippen LogP contribution in [0.25, 0.3) is 11.0 Å². The predicted octanol–water partition coefficient (Wildman–Crippen LogP) is 3.90. The van der Waals surface area contributed by atoms with Crippen molar-refractivity contribution in [1.29, 1.82) is 0 Å². The lowest BCUT2D eigenvalue weighted by Gasteiger charge is -2.09. The summed E-state index contributed by atoms with van der Waals surface area (Å²) < 4.78 is 55.6. The van der Waals surface area contributed by atoms with Gasteiger partial charge in [-0.1, -0.05) is 11.6 Å². The molecule has 0 radical (unpaired) electrons. The Balaban J connectivity index is 1.78. The van der Waals surface area contributed by atoms with Gasteiger partial charge in [0.2, 0.25) is 5.91 Å². The fourth-order valence-electron chi connectivity index (χ4n) is 3.19. The highest BCUT2D eigenvalue weighted by atomic mass is 35.5. The van der Waals surface area contributed by atoms with Crippen LogP contribution in [0.2, 0.25) is 5.02 Å². The molecule has 162 valence electrons. The molecule has 0 aliphatic carbocycles. The van der Waals surface area contributed by atoms with Gasteiger partial charge in [-0.15, -0.1) is 0 Å². The Kier molecular flexibility index (Phi) is 6.30. The first-order valence-corrected chi connectivity index (χ1v) is 9.38. The number of rotatable bonds is 7. The van der Waals surface area contributed by atoms with Crippen molar-refractivity contribution < 1.29 is 22.4 Å². The lowest BCUT2D eigenvalue weighted by Crippen LogP contribution is -2.31. The molecule has 0 saturated heterocycles. The van der Waals surface area contributed by atoms with Crippen LogP contribution in [0.1, 0.15) is 41.2 Å². The average molecular weight is 447 g/mol. The van der Waals surface area contributed by atoms with Gasteiger partial charge in [-0.2, -0.15) is 10.2 Å². The molecule has 0 aromatic carbocycles. The van der Waals surface area contributed by atoms with Crippen LogP contribution in [-0.4, -0.2) is 37.0 Å². The Morgan fingerprint density at radius 2 is 1.77 bits per heavy atom. The third-order valence-corrected chi connectivity index (χ3v) is 5.17. The summed E-state index contributed by atoms with van der Waals surface area (Å²) in [6.07, 6.45) is -6.01. The normalized spacial score (nSPS) is 11.8. The summed E-state index contributed by atoms with van der Waals surface area (Å²) in [7, 11) is 0. The van der Waals surface area contributed by atoms with Crippen LogP contribution >= 0.6 is 11.6 Å². The predicted molar refractivity (Wildman–Crippen MR) is 102 cm³/mol. The number of carbonyl (C=O) groups excluding carboxylic acids is 1. The molecule has 12 heteroatoms. The van der Waals surface area contributed by atoms with Gasteiger partial charge in [-0.05, 0) is 26.8 Å². The summed E-state index contributed by atoms with van der Waals surface area (Å²) in [4.78, 5) is 16.1. The van der Waals surface area contributed by atoms with Crippen LogP contribution in [-0.2, 0) is 17.9 Å². The van der Waals surface area contributed by atoms with E-state index in [1.165, 1.54) is 6.92 Å². The minimum absolute atomic E-state index is 0.0283. The van der Waals surface area contributed by atoms with Gasteiger partial charge in [-0.3, -0.25) is 9.48 Å². The molecule has 1 amide bonds. The van der Waals surface area contributed by atoms with Gasteiger partial charge in [0.05, 0.1) is 34.0 Å². The highest BCUT2D eigenvalue weighted by Gasteiger charge is 2.24. The van der Waals surface area contributed by atoms with Crippen LogP contribution in [0.15, 0.2) is 6.07 Å². The number of alkyl halides is 4. The number of hydrogen-bond donors (Lipinski definition) is 1. The second-order valence-electron chi connectivity index (χ2n) is 6.74. The fourth-order valence-corrected chi connectivity index (χ4v) is 3.32. The van der Waals surface area contributed by atoms with Crippen LogP contribution in [0, 0.1) is 20.8 Å². The topological polar surface area (TPSA) is 77.6 Å². The molecule has 7 nitrogen and oxygen atoms in total. The third kappa shape index (κ3) is 4.25. The summed E-state index contributed by atoms with van der Waals surface area (Å²) in [6, 6.07) is 0.677. The van der Waals surface area contributed by atoms with E-state index in [9.17, 15) is 22.4 Å². The van der Waals surface area contributed by atoms with E-state index in [2.05, 4.69) is 20.5 Å². The van der Waals surface area contributed by atoms with E-state index in [0.717, 1.165) is 10.4 Å². The molecule has 0 aliphatic heterocycles. The molecule has 3 rings (SSSR count). The standard InChI is InChI=1S/C18H19ClF4N6O/c1-8-14-11(16(20)21)6-12(17(22)23)25-18(14)29(26-8)7-13(30)24-4-5-28-10(3)15(19)9(2)27-28/h6,16-17H,4-5,7H2,1-3H3,(H,24,30). The lowest BCUT2D eigenvalue weighted by atomic mass is 10.1. The molecular formula is C18H19ClF4N6O. The van der Waals surface area contributed by atoms with E-state index in [1.807, 2.05) is 0 Å². The van der Waals surface area contributed by atoms with Crippen molar-refractivity contribution >= 4 is 28.5 Å². The minimum atomic E-state index is -3.03. The van der Waals surface area contributed by atoms with Crippen molar-refractivity contribution in [3.8, 4) is 0 Å². The maximum Gasteiger partial charge on any atom is 0.280 e. The number of aromatic nitrogens is 5. The summed E-state index contributed by atoms with van der Waals surface area (Å²) in [6.45, 7) is 5.27. The van der Waals surface area contributed by atoms with E-state index in [4.69, 9.17) is 11.6 Å². The maximum absolute atomic E-state index is 13.4. The molecule has 1 N–H and O–H groups in total. The van der Waals surface area contributed by atoms with Crippen LogP contribution in [0.3, 0.4) is 0 Å². The van der Waals surface area contributed by atoms with Gasteiger partial charge >= 0.3 is 0 Å². The number of aryl methyl sites for hydroxylation is 2. The number of carbonyl (C=O) groups is 1. The molecular weight excluding hydrogens is 428 g/mol. The summed E-state index contributed by atoms with van der Waals surface area (Å²) >= 11 is 6.08. The summed E-state index contributed by atoms with van der Waals surface area (Å²) in [5, 5.41) is 11.5. The van der Waals surface area contributed by atoms with Crippen LogP contribution < -0.4 is 5.32 Å². The Morgan fingerprint density at radius 3 is 2.33 bits per heavy atom. The number of nitrogens with zero attached hydrogens (tertiary/aromatic N) is 5. The number of amides is 1. The monoisotopic (exact) mass is 446 g/mol. The molecule has 0 bridgehead atoms. The van der Waals surface area contributed by atoms with Gasteiger partial charge in [0.15, 0.2) is 5.65 Å². The summed E-state index contributed by atoms with van der Waals surface area (Å²) in [5.41, 5.74) is 0.0662. The van der Waals surface area contributed by atoms with Gasteiger partial charge in [0, 0.05) is 12.1 Å². The second-order valence-corrected chi connectivity index (χ2v) is 7.12. The minimum Gasteiger partial charge on any atom is -0.353 e. The van der Waals surface area contributed by atoms with Crippen molar-refractivity contribution in [3.05, 3.63) is 39.4 Å². The summed E-state index contributed by atoms with van der Waals surface area (Å²) in [5.74, 6) is -0.477. The molecule has 0 spiro atoms. The molecule has 0 atom stereocenters. The van der Waals surface area contributed by atoms with Gasteiger partial charge in [0.25, 0.3) is 12.9 Å². The zero-order valence-corrected chi connectivity index (χ0v) is 17.1. The van der Waals surface area contributed by atoms with Crippen molar-refractivity contribution in [3.63, 3.8) is 0 Å². The SMILES string of the molecule is Cc1nn(CCNC(=O)Cn2nc(C)c3c(C(F)F)cc(C(F)F)nc32)c(C)c1Cl.